The lowest BCUT2D eigenvalue weighted by atomic mass is 10.1. The van der Waals surface area contributed by atoms with E-state index in [2.05, 4.69) is 4.72 Å². The van der Waals surface area contributed by atoms with Crippen LogP contribution in [0.1, 0.15) is 31.2 Å². The molecule has 136 valence electrons. The molecule has 2 fully saturated rings. The van der Waals surface area contributed by atoms with Crippen LogP contribution in [0.2, 0.25) is 0 Å². The monoisotopic (exact) mass is 382 g/mol. The van der Waals surface area contributed by atoms with Crippen LogP contribution in [-0.2, 0) is 19.6 Å². The second kappa shape index (κ2) is 7.37. The van der Waals surface area contributed by atoms with Crippen LogP contribution >= 0.6 is 11.8 Å². The standard InChI is InChI=1S/C17H22N2O4S2/c1-12-6-8-14(9-7-12)25(22,23)18-16(20)15-10-24-11-19(15)17(21)13-4-2-3-5-13/h6-9,13,15H,2-5,10-11H2,1H3,(H,18,20)/t15-/m1/s1. The molecular formula is C17H22N2O4S2. The first-order valence-corrected chi connectivity index (χ1v) is 11.0. The minimum absolute atomic E-state index is 0.0182. The zero-order valence-corrected chi connectivity index (χ0v) is 15.7. The van der Waals surface area contributed by atoms with Crippen LogP contribution < -0.4 is 4.72 Å². The van der Waals surface area contributed by atoms with Crippen molar-refractivity contribution in [3.8, 4) is 0 Å². The van der Waals surface area contributed by atoms with Crippen molar-refractivity contribution in [2.24, 2.45) is 5.92 Å². The van der Waals surface area contributed by atoms with Gasteiger partial charge in [-0.25, -0.2) is 13.1 Å². The van der Waals surface area contributed by atoms with Gasteiger partial charge in [-0.05, 0) is 31.9 Å². The summed E-state index contributed by atoms with van der Waals surface area (Å²) in [4.78, 5) is 26.7. The van der Waals surface area contributed by atoms with E-state index in [0.29, 0.717) is 11.6 Å². The Morgan fingerprint density at radius 1 is 1.16 bits per heavy atom. The number of hydrogen-bond acceptors (Lipinski definition) is 5. The van der Waals surface area contributed by atoms with Crippen LogP contribution in [0.3, 0.4) is 0 Å². The van der Waals surface area contributed by atoms with E-state index in [4.69, 9.17) is 0 Å². The molecule has 1 atom stereocenters. The average Bonchev–Trinajstić information content (AvgIpc) is 3.26. The van der Waals surface area contributed by atoms with Gasteiger partial charge in [0.05, 0.1) is 10.8 Å². The molecule has 1 aromatic carbocycles. The van der Waals surface area contributed by atoms with Gasteiger partial charge in [-0.3, -0.25) is 9.59 Å². The van der Waals surface area contributed by atoms with Crippen molar-refractivity contribution in [3.05, 3.63) is 29.8 Å². The van der Waals surface area contributed by atoms with Crippen LogP contribution in [0.25, 0.3) is 0 Å². The molecule has 2 aliphatic rings. The van der Waals surface area contributed by atoms with E-state index < -0.39 is 22.0 Å². The van der Waals surface area contributed by atoms with E-state index in [1.165, 1.54) is 23.9 Å². The van der Waals surface area contributed by atoms with Gasteiger partial charge in [-0.2, -0.15) is 0 Å². The number of nitrogens with zero attached hydrogens (tertiary/aromatic N) is 1. The van der Waals surface area contributed by atoms with E-state index in [1.807, 2.05) is 6.92 Å². The largest absolute Gasteiger partial charge is 0.320 e. The molecule has 3 rings (SSSR count). The number of amides is 2. The maximum atomic E-state index is 12.6. The number of thioether (sulfide) groups is 1. The Bertz CT molecular complexity index is 755. The molecule has 1 saturated heterocycles. The highest BCUT2D eigenvalue weighted by atomic mass is 32.2. The second-order valence-corrected chi connectivity index (χ2v) is 9.27. The number of nitrogens with one attached hydrogen (secondary N) is 1. The smallest absolute Gasteiger partial charge is 0.264 e. The first-order chi connectivity index (χ1) is 11.9. The van der Waals surface area contributed by atoms with Gasteiger partial charge in [0.2, 0.25) is 5.91 Å². The summed E-state index contributed by atoms with van der Waals surface area (Å²) in [5.74, 6) is 0.195. The molecule has 1 heterocycles. The molecule has 25 heavy (non-hydrogen) atoms. The number of benzene rings is 1. The first kappa shape index (κ1) is 18.3. The Morgan fingerprint density at radius 3 is 2.44 bits per heavy atom. The molecule has 0 bridgehead atoms. The number of carbonyl (C=O) groups excluding carboxylic acids is 2. The fourth-order valence-corrected chi connectivity index (χ4v) is 5.44. The summed E-state index contributed by atoms with van der Waals surface area (Å²) in [5.41, 5.74) is 0.936. The summed E-state index contributed by atoms with van der Waals surface area (Å²) in [6.45, 7) is 1.86. The highest BCUT2D eigenvalue weighted by molar-refractivity contribution is 7.99. The third-order valence-corrected chi connectivity index (χ3v) is 7.11. The van der Waals surface area contributed by atoms with Gasteiger partial charge in [0.15, 0.2) is 0 Å². The number of carbonyl (C=O) groups is 2. The average molecular weight is 383 g/mol. The van der Waals surface area contributed by atoms with Crippen LogP contribution in [-0.4, -0.2) is 42.8 Å². The minimum Gasteiger partial charge on any atom is -0.320 e. The highest BCUT2D eigenvalue weighted by Crippen LogP contribution is 2.31. The normalized spacial score (nSPS) is 21.5. The predicted octanol–water partition coefficient (Wildman–Crippen LogP) is 1.89. The van der Waals surface area contributed by atoms with Crippen LogP contribution in [0.15, 0.2) is 29.2 Å². The number of sulfonamides is 1. The zero-order valence-electron chi connectivity index (χ0n) is 14.1. The maximum absolute atomic E-state index is 12.6. The zero-order chi connectivity index (χ0) is 18.0. The van der Waals surface area contributed by atoms with Crippen molar-refractivity contribution in [2.45, 2.75) is 43.5 Å². The van der Waals surface area contributed by atoms with E-state index in [0.717, 1.165) is 31.2 Å². The van der Waals surface area contributed by atoms with Gasteiger partial charge in [-0.1, -0.05) is 30.5 Å². The van der Waals surface area contributed by atoms with E-state index in [1.54, 1.807) is 17.0 Å². The molecule has 1 aromatic rings. The van der Waals surface area contributed by atoms with E-state index in [9.17, 15) is 18.0 Å². The molecule has 8 heteroatoms. The molecule has 0 unspecified atom stereocenters. The van der Waals surface area contributed by atoms with Crippen molar-refractivity contribution in [1.29, 1.82) is 0 Å². The Morgan fingerprint density at radius 2 is 1.80 bits per heavy atom. The lowest BCUT2D eigenvalue weighted by Gasteiger charge is -2.25. The van der Waals surface area contributed by atoms with Crippen molar-refractivity contribution in [2.75, 3.05) is 11.6 Å². The fourth-order valence-electron chi connectivity index (χ4n) is 3.26. The summed E-state index contributed by atoms with van der Waals surface area (Å²) < 4.78 is 26.9. The topological polar surface area (TPSA) is 83.6 Å². The number of hydrogen-bond donors (Lipinski definition) is 1. The molecule has 2 amide bonds. The van der Waals surface area contributed by atoms with Crippen molar-refractivity contribution < 1.29 is 18.0 Å². The quantitative estimate of drug-likeness (QED) is 0.860. The molecule has 6 nitrogen and oxygen atoms in total. The second-order valence-electron chi connectivity index (χ2n) is 6.59. The third kappa shape index (κ3) is 4.00. The molecule has 1 aliphatic carbocycles. The lowest BCUT2D eigenvalue weighted by molar-refractivity contribution is -0.140. The molecule has 1 aliphatic heterocycles. The fraction of sp³-hybridized carbons (Fsp3) is 0.529. The van der Waals surface area contributed by atoms with Gasteiger partial charge in [0.1, 0.15) is 6.04 Å². The molecule has 0 radical (unpaired) electrons. The van der Waals surface area contributed by atoms with Crippen LogP contribution in [0.5, 0.6) is 0 Å². The van der Waals surface area contributed by atoms with Gasteiger partial charge in [0, 0.05) is 11.7 Å². The van der Waals surface area contributed by atoms with Crippen molar-refractivity contribution in [3.63, 3.8) is 0 Å². The summed E-state index contributed by atoms with van der Waals surface area (Å²) in [5, 5.41) is 0. The summed E-state index contributed by atoms with van der Waals surface area (Å²) in [6.07, 6.45) is 3.79. The molecule has 0 aromatic heterocycles. The molecule has 0 spiro atoms. The van der Waals surface area contributed by atoms with Gasteiger partial charge in [0.25, 0.3) is 15.9 Å². The SMILES string of the molecule is Cc1ccc(S(=O)(=O)NC(=O)[C@H]2CSCN2C(=O)C2CCCC2)cc1. The Kier molecular flexibility index (Phi) is 5.38. The maximum Gasteiger partial charge on any atom is 0.264 e. The van der Waals surface area contributed by atoms with Gasteiger partial charge < -0.3 is 4.90 Å². The van der Waals surface area contributed by atoms with Crippen molar-refractivity contribution in [1.82, 2.24) is 9.62 Å². The van der Waals surface area contributed by atoms with E-state index in [-0.39, 0.29) is 16.7 Å². The van der Waals surface area contributed by atoms with Crippen LogP contribution in [0.4, 0.5) is 0 Å². The van der Waals surface area contributed by atoms with Crippen molar-refractivity contribution >= 4 is 33.6 Å². The third-order valence-electron chi connectivity index (χ3n) is 4.74. The van der Waals surface area contributed by atoms with E-state index >= 15 is 0 Å². The summed E-state index contributed by atoms with van der Waals surface area (Å²) >= 11 is 1.48. The Balaban J connectivity index is 1.71. The minimum atomic E-state index is -3.93. The number of aryl methyl sites for hydroxylation is 1. The highest BCUT2D eigenvalue weighted by Gasteiger charge is 2.39. The van der Waals surface area contributed by atoms with Crippen LogP contribution in [0, 0.1) is 12.8 Å². The molecule has 1 saturated carbocycles. The summed E-state index contributed by atoms with van der Waals surface area (Å²) in [7, 11) is -3.93. The number of rotatable bonds is 4. The Labute approximate surface area is 152 Å². The summed E-state index contributed by atoms with van der Waals surface area (Å²) in [6, 6.07) is 5.57. The first-order valence-electron chi connectivity index (χ1n) is 8.40. The molecular weight excluding hydrogens is 360 g/mol. The Hall–Kier alpha value is -1.54. The van der Waals surface area contributed by atoms with Gasteiger partial charge in [-0.15, -0.1) is 11.8 Å². The molecule has 1 N–H and O–H groups in total. The van der Waals surface area contributed by atoms with Gasteiger partial charge >= 0.3 is 0 Å². The predicted molar refractivity (Wildman–Crippen MR) is 96.4 cm³/mol. The lowest BCUT2D eigenvalue weighted by Crippen LogP contribution is -2.50.